The average Bonchev–Trinajstić information content (AvgIpc) is 2.51. The maximum atomic E-state index is 6.86. The van der Waals surface area contributed by atoms with E-state index in [1.807, 2.05) is 0 Å². The van der Waals surface area contributed by atoms with Gasteiger partial charge < -0.3 is 0 Å². The van der Waals surface area contributed by atoms with Crippen molar-refractivity contribution in [2.45, 2.75) is 45.1 Å². The van der Waals surface area contributed by atoms with E-state index < -0.39 is 14.9 Å². The van der Waals surface area contributed by atoms with Gasteiger partial charge >= 0.3 is 143 Å². The SMILES string of the molecule is CC1=C(C)C(C)[C]([Ti]([CH3])([CH3])([SiH3])[O]c2cc(C)cc(C)c2)=C1[SiH3].Cl.Cl. The number of rotatable bonds is 3. The monoisotopic (exact) mass is 439 g/mol. The van der Waals surface area contributed by atoms with Crippen LogP contribution in [0.3, 0.4) is 0 Å². The van der Waals surface area contributed by atoms with Crippen LogP contribution in [-0.4, -0.2) is 18.4 Å². The molecule has 1 aromatic carbocycles. The summed E-state index contributed by atoms with van der Waals surface area (Å²) in [5.41, 5.74) is 5.71. The van der Waals surface area contributed by atoms with Gasteiger partial charge in [-0.15, -0.1) is 24.8 Å². The predicted octanol–water partition coefficient (Wildman–Crippen LogP) is 4.07. The van der Waals surface area contributed by atoms with Crippen molar-refractivity contribution in [2.24, 2.45) is 5.92 Å². The first-order chi connectivity index (χ1) is 9.90. The fourth-order valence-corrected chi connectivity index (χ4v) is 21.5. The first-order valence-electron chi connectivity index (χ1n) is 8.29. The molecule has 1 aromatic rings. The van der Waals surface area contributed by atoms with Crippen molar-refractivity contribution in [3.8, 4) is 5.75 Å². The minimum Gasteiger partial charge on any atom is -0.147 e. The maximum absolute atomic E-state index is 6.86. The minimum absolute atomic E-state index is 0. The summed E-state index contributed by atoms with van der Waals surface area (Å²) in [7, 11) is 2.28. The zero-order chi connectivity index (χ0) is 16.9. The van der Waals surface area contributed by atoms with Gasteiger partial charge in [0.25, 0.3) is 0 Å². The Morgan fingerprint density at radius 3 is 1.79 bits per heavy atom. The molecule has 1 unspecified atom stereocenters. The first-order valence-corrected chi connectivity index (χ1v) is 19.5. The predicted molar refractivity (Wildman–Crippen MR) is 117 cm³/mol. The molecule has 0 saturated heterocycles. The van der Waals surface area contributed by atoms with E-state index in [9.17, 15) is 0 Å². The van der Waals surface area contributed by atoms with Crippen LogP contribution in [0.15, 0.2) is 38.4 Å². The Morgan fingerprint density at radius 1 is 0.958 bits per heavy atom. The molecule has 137 valence electrons. The van der Waals surface area contributed by atoms with Crippen molar-refractivity contribution < 1.29 is 18.3 Å². The Kier molecular flexibility index (Phi) is 7.93. The smallest absolute Gasteiger partial charge is 0.147 e. The van der Waals surface area contributed by atoms with Gasteiger partial charge in [0.05, 0.1) is 0 Å². The van der Waals surface area contributed by atoms with Crippen LogP contribution in [0.4, 0.5) is 0 Å². The van der Waals surface area contributed by atoms with Gasteiger partial charge in [-0.1, -0.05) is 0 Å². The number of allylic oxidation sites excluding steroid dienone is 4. The van der Waals surface area contributed by atoms with Crippen LogP contribution >= 0.6 is 24.8 Å². The third-order valence-corrected chi connectivity index (χ3v) is 16.0. The molecular weight excluding hydrogens is 407 g/mol. The van der Waals surface area contributed by atoms with Gasteiger partial charge in [0, 0.05) is 0 Å². The van der Waals surface area contributed by atoms with E-state index in [2.05, 4.69) is 63.3 Å². The van der Waals surface area contributed by atoms with Crippen LogP contribution in [0, 0.1) is 19.8 Å². The molecule has 6 heteroatoms. The maximum Gasteiger partial charge on any atom is -0.147 e. The van der Waals surface area contributed by atoms with E-state index in [4.69, 9.17) is 3.32 Å². The van der Waals surface area contributed by atoms with E-state index in [0.717, 1.165) is 24.1 Å². The number of halogens is 2. The number of aryl methyl sites for hydroxylation is 2. The summed E-state index contributed by atoms with van der Waals surface area (Å²) in [4.78, 5) is 0. The molecule has 24 heavy (non-hydrogen) atoms. The van der Waals surface area contributed by atoms with Crippen LogP contribution in [-0.2, 0) is 14.9 Å². The van der Waals surface area contributed by atoms with Gasteiger partial charge in [-0.05, 0) is 0 Å². The minimum atomic E-state index is -3.02. The topological polar surface area (TPSA) is 9.23 Å². The van der Waals surface area contributed by atoms with E-state index in [-0.39, 0.29) is 24.8 Å². The normalized spacial score (nSPS) is 19.6. The molecule has 0 radical (unpaired) electrons. The molecule has 0 amide bonds. The number of hydrogen-bond acceptors (Lipinski definition) is 1. The van der Waals surface area contributed by atoms with Gasteiger partial charge in [0.15, 0.2) is 0 Å². The Hall–Kier alpha value is 0.228. The summed E-state index contributed by atoms with van der Waals surface area (Å²) >= 11 is -3.02. The molecule has 1 aliphatic rings. The van der Waals surface area contributed by atoms with E-state index in [1.54, 1.807) is 20.2 Å². The van der Waals surface area contributed by atoms with E-state index >= 15 is 0 Å². The molecule has 0 fully saturated rings. The molecule has 0 bridgehead atoms. The first kappa shape index (κ1) is 24.2. The number of benzene rings is 1. The molecule has 0 saturated carbocycles. The summed E-state index contributed by atoms with van der Waals surface area (Å²) in [5.74, 6) is 1.67. The molecule has 0 aliphatic heterocycles. The van der Waals surface area contributed by atoms with Gasteiger partial charge in [-0.3, -0.25) is 0 Å². The third kappa shape index (κ3) is 4.69. The Morgan fingerprint density at radius 2 is 1.42 bits per heavy atom. The number of hydrogen-bond donors (Lipinski definition) is 0. The van der Waals surface area contributed by atoms with E-state index in [0.29, 0.717) is 5.92 Å². The molecule has 1 nitrogen and oxygen atoms in total. The van der Waals surface area contributed by atoms with Crippen molar-refractivity contribution in [1.82, 2.24) is 0 Å². The average molecular weight is 440 g/mol. The van der Waals surface area contributed by atoms with Crippen LogP contribution in [0.5, 0.6) is 5.75 Å². The Labute approximate surface area is 166 Å². The second kappa shape index (κ2) is 7.85. The van der Waals surface area contributed by atoms with Crippen molar-refractivity contribution in [3.63, 3.8) is 0 Å². The van der Waals surface area contributed by atoms with Crippen LogP contribution in [0.25, 0.3) is 0 Å². The molecule has 0 N–H and O–H groups in total. The zero-order valence-corrected chi connectivity index (χ0v) is 23.7. The quantitative estimate of drug-likeness (QED) is 0.644. The summed E-state index contributed by atoms with van der Waals surface area (Å²) in [6.07, 6.45) is 0. The van der Waals surface area contributed by atoms with Crippen LogP contribution in [0.1, 0.15) is 31.9 Å². The van der Waals surface area contributed by atoms with Gasteiger partial charge in [-0.2, -0.15) is 0 Å². The fraction of sp³-hybridized carbons (Fsp3) is 0.444. The second-order valence-electron chi connectivity index (χ2n) is 8.46. The summed E-state index contributed by atoms with van der Waals surface area (Å²) < 4.78 is 8.58. The van der Waals surface area contributed by atoms with Crippen molar-refractivity contribution in [3.05, 3.63) is 49.5 Å². The van der Waals surface area contributed by atoms with Gasteiger partial charge in [0.2, 0.25) is 0 Å². The van der Waals surface area contributed by atoms with Gasteiger partial charge in [-0.25, -0.2) is 0 Å². The molecular formula is C18H33Cl2OSi2Ti. The molecule has 1 atom stereocenters. The molecule has 0 spiro atoms. The van der Waals surface area contributed by atoms with Crippen molar-refractivity contribution in [1.29, 1.82) is 0 Å². The Balaban J connectivity index is 0.00000264. The van der Waals surface area contributed by atoms with Crippen molar-refractivity contribution in [2.75, 3.05) is 0 Å². The van der Waals surface area contributed by atoms with Gasteiger partial charge in [0.1, 0.15) is 0 Å². The molecule has 0 aromatic heterocycles. The molecule has 2 rings (SSSR count). The molecule has 0 heterocycles. The summed E-state index contributed by atoms with van der Waals surface area (Å²) in [6, 6.07) is 6.64. The fourth-order valence-electron chi connectivity index (χ4n) is 4.20. The van der Waals surface area contributed by atoms with Crippen LogP contribution < -0.4 is 3.32 Å². The van der Waals surface area contributed by atoms with Crippen LogP contribution in [0.2, 0.25) is 10.5 Å². The van der Waals surface area contributed by atoms with E-state index in [1.165, 1.54) is 11.1 Å². The van der Waals surface area contributed by atoms with Crippen molar-refractivity contribution >= 4 is 43.2 Å². The zero-order valence-electron chi connectivity index (χ0n) is 16.5. The standard InChI is InChI=1S/C8H10O.C8H13Si.2CH3.2ClH.H3Si.Ti/c1-6-3-7(2)5-8(9)4-6;1-5-4-8(9)7(3)6(5)2;;;;;;/h3-5,9H,1-2H3;5H,1-3,9H3;2*1H3;2*1H;1H3;/q;;;;;;;+1/p-1. The summed E-state index contributed by atoms with van der Waals surface area (Å²) in [5, 5.41) is 6.61. The molecule has 1 aliphatic carbocycles. The Bertz CT molecular complexity index is 682. The summed E-state index contributed by atoms with van der Waals surface area (Å²) in [6.45, 7) is 11.3. The second-order valence-corrected chi connectivity index (χ2v) is 31.9. The third-order valence-electron chi connectivity index (χ3n) is 5.23. The largest absolute Gasteiger partial charge is 0.147 e.